The Hall–Kier alpha value is -2.91. The van der Waals surface area contributed by atoms with Gasteiger partial charge in [0.1, 0.15) is 11.6 Å². The van der Waals surface area contributed by atoms with Crippen molar-refractivity contribution >= 4 is 27.3 Å². The molecule has 4 rings (SSSR count). The Balaban J connectivity index is 1.49. The Bertz CT molecular complexity index is 1180. The van der Waals surface area contributed by atoms with E-state index in [1.165, 1.54) is 22.7 Å². The van der Waals surface area contributed by atoms with E-state index in [0.29, 0.717) is 37.3 Å². The molecule has 3 aromatic rings. The Morgan fingerprint density at radius 3 is 2.50 bits per heavy atom. The summed E-state index contributed by atoms with van der Waals surface area (Å²) in [7, 11) is -3.19. The third-order valence-corrected chi connectivity index (χ3v) is 6.57. The van der Waals surface area contributed by atoms with E-state index in [0.717, 1.165) is 11.3 Å². The molecule has 0 unspecified atom stereocenters. The van der Waals surface area contributed by atoms with Crippen LogP contribution < -0.4 is 10.2 Å². The number of sulfonamides is 1. The van der Waals surface area contributed by atoms with Crippen molar-refractivity contribution in [2.45, 2.75) is 6.54 Å². The Labute approximate surface area is 174 Å². The van der Waals surface area contributed by atoms with Gasteiger partial charge in [-0.3, -0.25) is 4.79 Å². The molecule has 1 N–H and O–H groups in total. The van der Waals surface area contributed by atoms with Crippen LogP contribution in [-0.2, 0) is 16.6 Å². The van der Waals surface area contributed by atoms with Crippen LogP contribution >= 0.6 is 0 Å². The van der Waals surface area contributed by atoms with Gasteiger partial charge < -0.3 is 14.6 Å². The maximum atomic E-state index is 13.3. The van der Waals surface area contributed by atoms with E-state index in [1.807, 2.05) is 22.6 Å². The molecule has 1 saturated heterocycles. The van der Waals surface area contributed by atoms with Gasteiger partial charge in [-0.15, -0.1) is 0 Å². The van der Waals surface area contributed by atoms with Crippen molar-refractivity contribution in [2.75, 3.05) is 37.3 Å². The first-order valence-electron chi connectivity index (χ1n) is 9.65. The van der Waals surface area contributed by atoms with Gasteiger partial charge in [0.2, 0.25) is 10.0 Å². The second kappa shape index (κ2) is 8.08. The van der Waals surface area contributed by atoms with Gasteiger partial charge in [-0.05, 0) is 42.0 Å². The van der Waals surface area contributed by atoms with Crippen molar-refractivity contribution in [3.63, 3.8) is 0 Å². The fourth-order valence-corrected chi connectivity index (χ4v) is 4.49. The number of halogens is 1. The molecule has 30 heavy (non-hydrogen) atoms. The van der Waals surface area contributed by atoms with Gasteiger partial charge in [-0.25, -0.2) is 12.8 Å². The minimum atomic E-state index is -3.19. The average Bonchev–Trinajstić information content (AvgIpc) is 3.15. The molecular weight excluding hydrogens is 407 g/mol. The summed E-state index contributed by atoms with van der Waals surface area (Å²) in [6, 6.07) is 13.7. The normalized spacial score (nSPS) is 15.5. The quantitative estimate of drug-likeness (QED) is 0.673. The Morgan fingerprint density at radius 1 is 1.07 bits per heavy atom. The zero-order chi connectivity index (χ0) is 21.3. The number of amides is 1. The van der Waals surface area contributed by atoms with Crippen LogP contribution in [0.2, 0.25) is 0 Å². The van der Waals surface area contributed by atoms with E-state index >= 15 is 0 Å². The number of benzene rings is 1. The molecule has 158 valence electrons. The van der Waals surface area contributed by atoms with Crippen molar-refractivity contribution in [3.05, 3.63) is 71.7 Å². The maximum absolute atomic E-state index is 13.3. The fraction of sp³-hybridized carbons (Fsp3) is 0.286. The molecule has 0 radical (unpaired) electrons. The van der Waals surface area contributed by atoms with Crippen molar-refractivity contribution < 1.29 is 17.6 Å². The predicted octanol–water partition coefficient (Wildman–Crippen LogP) is 2.09. The molecule has 9 heteroatoms. The number of hydrogen-bond acceptors (Lipinski definition) is 4. The molecular formula is C21H23FN4O3S. The van der Waals surface area contributed by atoms with Crippen LogP contribution in [0.5, 0.6) is 0 Å². The monoisotopic (exact) mass is 430 g/mol. The number of fused-ring (bicyclic) bond motifs is 1. The predicted molar refractivity (Wildman–Crippen MR) is 114 cm³/mol. The van der Waals surface area contributed by atoms with E-state index in [9.17, 15) is 17.6 Å². The third kappa shape index (κ3) is 4.31. The van der Waals surface area contributed by atoms with E-state index in [-0.39, 0.29) is 18.3 Å². The topological polar surface area (TPSA) is 74.1 Å². The molecule has 3 heterocycles. The lowest BCUT2D eigenvalue weighted by Crippen LogP contribution is -2.48. The summed E-state index contributed by atoms with van der Waals surface area (Å²) in [5.41, 5.74) is 2.12. The largest absolute Gasteiger partial charge is 0.355 e. The number of nitrogens with zero attached hydrogens (tertiary/aromatic N) is 3. The van der Waals surface area contributed by atoms with Crippen molar-refractivity contribution in [2.24, 2.45) is 0 Å². The summed E-state index contributed by atoms with van der Waals surface area (Å²) in [5, 5.41) is 2.81. The van der Waals surface area contributed by atoms with Gasteiger partial charge in [0.05, 0.1) is 11.8 Å². The van der Waals surface area contributed by atoms with E-state index in [2.05, 4.69) is 10.2 Å². The van der Waals surface area contributed by atoms with Gasteiger partial charge in [0.15, 0.2) is 0 Å². The van der Waals surface area contributed by atoms with Gasteiger partial charge in [0.25, 0.3) is 5.91 Å². The highest BCUT2D eigenvalue weighted by atomic mass is 32.2. The highest BCUT2D eigenvalue weighted by Gasteiger charge is 2.24. The molecule has 0 spiro atoms. The second-order valence-electron chi connectivity index (χ2n) is 7.37. The smallest absolute Gasteiger partial charge is 0.253 e. The molecule has 1 aliphatic rings. The minimum absolute atomic E-state index is 0.237. The first kappa shape index (κ1) is 20.4. The Kier molecular flexibility index (Phi) is 5.48. The molecule has 1 amide bonds. The van der Waals surface area contributed by atoms with Crippen LogP contribution in [0.25, 0.3) is 5.52 Å². The molecule has 1 aliphatic heterocycles. The molecule has 1 fully saturated rings. The summed E-state index contributed by atoms with van der Waals surface area (Å²) in [4.78, 5) is 14.7. The lowest BCUT2D eigenvalue weighted by Gasteiger charge is -2.34. The summed E-state index contributed by atoms with van der Waals surface area (Å²) in [6.45, 7) is 2.25. The fourth-order valence-electron chi connectivity index (χ4n) is 3.66. The lowest BCUT2D eigenvalue weighted by atomic mass is 10.2. The van der Waals surface area contributed by atoms with Crippen LogP contribution in [0.15, 0.2) is 54.7 Å². The van der Waals surface area contributed by atoms with Crippen molar-refractivity contribution in [3.8, 4) is 0 Å². The summed E-state index contributed by atoms with van der Waals surface area (Å²) < 4.78 is 40.2. The molecule has 7 nitrogen and oxygen atoms in total. The average molecular weight is 431 g/mol. The third-order valence-electron chi connectivity index (χ3n) is 5.27. The number of hydrogen-bond donors (Lipinski definition) is 1. The Morgan fingerprint density at radius 2 is 1.80 bits per heavy atom. The number of aromatic nitrogens is 1. The number of carbonyl (C=O) groups excluding carboxylic acids is 1. The van der Waals surface area contributed by atoms with Gasteiger partial charge in [-0.2, -0.15) is 4.31 Å². The van der Waals surface area contributed by atoms with E-state index < -0.39 is 10.0 Å². The van der Waals surface area contributed by atoms with E-state index in [1.54, 1.807) is 24.4 Å². The zero-order valence-electron chi connectivity index (χ0n) is 16.6. The molecule has 1 aromatic carbocycles. The van der Waals surface area contributed by atoms with Crippen LogP contribution in [0, 0.1) is 5.82 Å². The lowest BCUT2D eigenvalue weighted by molar-refractivity contribution is 0.0950. The van der Waals surface area contributed by atoms with Gasteiger partial charge in [-0.1, -0.05) is 12.1 Å². The first-order valence-corrected chi connectivity index (χ1v) is 11.5. The minimum Gasteiger partial charge on any atom is -0.355 e. The number of rotatable bonds is 5. The molecule has 2 aromatic heterocycles. The van der Waals surface area contributed by atoms with Gasteiger partial charge >= 0.3 is 0 Å². The van der Waals surface area contributed by atoms with Crippen LogP contribution in [0.4, 0.5) is 10.2 Å². The number of nitrogens with one attached hydrogen (secondary N) is 1. The molecule has 0 atom stereocenters. The highest BCUT2D eigenvalue weighted by Crippen LogP contribution is 2.22. The highest BCUT2D eigenvalue weighted by molar-refractivity contribution is 7.88. The molecule has 0 saturated carbocycles. The SMILES string of the molecule is CS(=O)(=O)N1CCN(c2ccc3ccc(C(=O)NCc4cccc(F)c4)cn23)CC1. The first-order chi connectivity index (χ1) is 14.3. The van der Waals surface area contributed by atoms with Crippen LogP contribution in [0.1, 0.15) is 15.9 Å². The van der Waals surface area contributed by atoms with Crippen LogP contribution in [-0.4, -0.2) is 55.5 Å². The van der Waals surface area contributed by atoms with Gasteiger partial charge in [0, 0.05) is 44.4 Å². The second-order valence-corrected chi connectivity index (χ2v) is 9.35. The standard InChI is InChI=1S/C21H23FN4O3S/c1-30(28,29)25-11-9-24(10-12-25)20-8-7-19-6-5-17(15-26(19)20)21(27)23-14-16-3-2-4-18(22)13-16/h2-8,13,15H,9-12,14H2,1H3,(H,23,27). The summed E-state index contributed by atoms with van der Waals surface area (Å²) in [6.07, 6.45) is 3.00. The molecule has 0 bridgehead atoms. The number of carbonyl (C=O) groups is 1. The van der Waals surface area contributed by atoms with E-state index in [4.69, 9.17) is 0 Å². The zero-order valence-corrected chi connectivity index (χ0v) is 17.4. The van der Waals surface area contributed by atoms with Crippen molar-refractivity contribution in [1.82, 2.24) is 14.0 Å². The maximum Gasteiger partial charge on any atom is 0.253 e. The number of anilines is 1. The van der Waals surface area contributed by atoms with Crippen LogP contribution in [0.3, 0.4) is 0 Å². The summed E-state index contributed by atoms with van der Waals surface area (Å²) >= 11 is 0. The number of pyridine rings is 1. The number of piperazine rings is 1. The van der Waals surface area contributed by atoms with Crippen molar-refractivity contribution in [1.29, 1.82) is 0 Å². The molecule has 0 aliphatic carbocycles. The summed E-state index contributed by atoms with van der Waals surface area (Å²) in [5.74, 6) is 0.330.